The van der Waals surface area contributed by atoms with E-state index >= 15 is 0 Å². The molecule has 1 aromatic carbocycles. The molecule has 2 heteroatoms. The van der Waals surface area contributed by atoms with Gasteiger partial charge in [-0.05, 0) is 31.4 Å². The van der Waals surface area contributed by atoms with Gasteiger partial charge in [-0.25, -0.2) is 0 Å². The summed E-state index contributed by atoms with van der Waals surface area (Å²) in [5, 5.41) is 3.61. The van der Waals surface area contributed by atoms with Crippen LogP contribution in [-0.4, -0.2) is 6.04 Å². The Balaban J connectivity index is 2.12. The lowest BCUT2D eigenvalue weighted by Crippen LogP contribution is -2.16. The molecule has 0 radical (unpaired) electrons. The third kappa shape index (κ3) is 2.51. The highest BCUT2D eigenvalue weighted by molar-refractivity contribution is 5.53. The fourth-order valence-electron chi connectivity index (χ4n) is 2.32. The number of aryl methyl sites for hydroxylation is 1. The minimum atomic E-state index is 0.622. The van der Waals surface area contributed by atoms with E-state index < -0.39 is 0 Å². The van der Waals surface area contributed by atoms with E-state index in [-0.39, 0.29) is 0 Å². The average Bonchev–Trinajstić information content (AvgIpc) is 2.73. The van der Waals surface area contributed by atoms with E-state index in [0.717, 1.165) is 0 Å². The first-order valence-corrected chi connectivity index (χ1v) is 5.86. The molecule has 2 nitrogen and oxygen atoms in total. The van der Waals surface area contributed by atoms with Crippen LogP contribution in [0.25, 0.3) is 0 Å². The number of hydrogen-bond donors (Lipinski definition) is 2. The van der Waals surface area contributed by atoms with Crippen molar-refractivity contribution in [1.29, 1.82) is 0 Å². The number of hydrogen-bond acceptors (Lipinski definition) is 2. The molecule has 0 bridgehead atoms. The second-order valence-electron chi connectivity index (χ2n) is 4.49. The Morgan fingerprint density at radius 2 is 2.07 bits per heavy atom. The van der Waals surface area contributed by atoms with Crippen molar-refractivity contribution in [3.05, 3.63) is 29.3 Å². The number of rotatable bonds is 3. The molecule has 0 spiro atoms. The zero-order chi connectivity index (χ0) is 10.7. The monoisotopic (exact) mass is 204 g/mol. The maximum atomic E-state index is 5.75. The molecule has 0 aromatic heterocycles. The van der Waals surface area contributed by atoms with Gasteiger partial charge in [0.05, 0.1) is 0 Å². The fraction of sp³-hybridized carbons (Fsp3) is 0.538. The summed E-state index contributed by atoms with van der Waals surface area (Å²) in [4.78, 5) is 0. The van der Waals surface area contributed by atoms with Gasteiger partial charge in [-0.15, -0.1) is 0 Å². The Hall–Kier alpha value is -1.02. The zero-order valence-corrected chi connectivity index (χ0v) is 9.42. The standard InChI is InChI=1S/C13H20N2/c1-10-6-7-13(11(8-10)9-14)15-12-4-2-3-5-12/h6-8,12,15H,2-5,9,14H2,1H3. The predicted octanol–water partition coefficient (Wildman–Crippen LogP) is 2.81. The normalized spacial score (nSPS) is 16.9. The van der Waals surface area contributed by atoms with Crippen molar-refractivity contribution < 1.29 is 0 Å². The van der Waals surface area contributed by atoms with Gasteiger partial charge in [-0.2, -0.15) is 0 Å². The summed E-state index contributed by atoms with van der Waals surface area (Å²) in [6.07, 6.45) is 5.33. The van der Waals surface area contributed by atoms with Gasteiger partial charge in [-0.1, -0.05) is 30.5 Å². The third-order valence-electron chi connectivity index (χ3n) is 3.20. The van der Waals surface area contributed by atoms with Crippen LogP contribution in [0.5, 0.6) is 0 Å². The van der Waals surface area contributed by atoms with E-state index in [2.05, 4.69) is 30.4 Å². The van der Waals surface area contributed by atoms with Crippen LogP contribution in [0, 0.1) is 6.92 Å². The molecule has 1 fully saturated rings. The minimum Gasteiger partial charge on any atom is -0.382 e. The van der Waals surface area contributed by atoms with Gasteiger partial charge in [0.2, 0.25) is 0 Å². The second-order valence-corrected chi connectivity index (χ2v) is 4.49. The Morgan fingerprint density at radius 3 is 2.73 bits per heavy atom. The minimum absolute atomic E-state index is 0.622. The van der Waals surface area contributed by atoms with E-state index in [0.29, 0.717) is 12.6 Å². The van der Waals surface area contributed by atoms with Gasteiger partial charge >= 0.3 is 0 Å². The first-order valence-electron chi connectivity index (χ1n) is 5.86. The van der Waals surface area contributed by atoms with Gasteiger partial charge in [0.25, 0.3) is 0 Å². The van der Waals surface area contributed by atoms with Crippen molar-refractivity contribution in [3.8, 4) is 0 Å². The number of anilines is 1. The molecule has 1 saturated carbocycles. The first kappa shape index (κ1) is 10.5. The zero-order valence-electron chi connectivity index (χ0n) is 9.42. The topological polar surface area (TPSA) is 38.0 Å². The highest BCUT2D eigenvalue weighted by atomic mass is 14.9. The Morgan fingerprint density at radius 1 is 1.33 bits per heavy atom. The highest BCUT2D eigenvalue weighted by Crippen LogP contribution is 2.24. The van der Waals surface area contributed by atoms with Crippen molar-refractivity contribution in [3.63, 3.8) is 0 Å². The van der Waals surface area contributed by atoms with E-state index in [1.165, 1.54) is 42.5 Å². The lowest BCUT2D eigenvalue weighted by atomic mass is 10.1. The van der Waals surface area contributed by atoms with Crippen molar-refractivity contribution in [2.75, 3.05) is 5.32 Å². The smallest absolute Gasteiger partial charge is 0.0388 e. The molecule has 0 aliphatic heterocycles. The van der Waals surface area contributed by atoms with Gasteiger partial charge in [-0.3, -0.25) is 0 Å². The summed E-state index contributed by atoms with van der Waals surface area (Å²) >= 11 is 0. The van der Waals surface area contributed by atoms with Crippen LogP contribution in [0.3, 0.4) is 0 Å². The van der Waals surface area contributed by atoms with Crippen molar-refractivity contribution in [2.45, 2.75) is 45.2 Å². The molecule has 1 aromatic rings. The van der Waals surface area contributed by atoms with Gasteiger partial charge in [0, 0.05) is 18.3 Å². The number of nitrogens with two attached hydrogens (primary N) is 1. The number of nitrogens with one attached hydrogen (secondary N) is 1. The van der Waals surface area contributed by atoms with Gasteiger partial charge in [0.1, 0.15) is 0 Å². The fourth-order valence-corrected chi connectivity index (χ4v) is 2.32. The number of benzene rings is 1. The Labute approximate surface area is 91.9 Å². The average molecular weight is 204 g/mol. The molecule has 1 aliphatic carbocycles. The lowest BCUT2D eigenvalue weighted by Gasteiger charge is -2.17. The molecule has 0 heterocycles. The molecule has 3 N–H and O–H groups in total. The summed E-state index contributed by atoms with van der Waals surface area (Å²) < 4.78 is 0. The second kappa shape index (κ2) is 4.67. The SMILES string of the molecule is Cc1ccc(NC2CCCC2)c(CN)c1. The highest BCUT2D eigenvalue weighted by Gasteiger charge is 2.15. The third-order valence-corrected chi connectivity index (χ3v) is 3.20. The van der Waals surface area contributed by atoms with Crippen molar-refractivity contribution >= 4 is 5.69 Å². The van der Waals surface area contributed by atoms with Crippen LogP contribution in [-0.2, 0) is 6.54 Å². The molecule has 82 valence electrons. The molecule has 0 amide bonds. The molecule has 0 unspecified atom stereocenters. The maximum absolute atomic E-state index is 5.75. The molecule has 0 atom stereocenters. The van der Waals surface area contributed by atoms with Crippen LogP contribution < -0.4 is 11.1 Å². The van der Waals surface area contributed by atoms with E-state index in [9.17, 15) is 0 Å². The summed E-state index contributed by atoms with van der Waals surface area (Å²) in [5.41, 5.74) is 9.51. The summed E-state index contributed by atoms with van der Waals surface area (Å²) in [6, 6.07) is 7.15. The summed E-state index contributed by atoms with van der Waals surface area (Å²) in [7, 11) is 0. The Kier molecular flexibility index (Phi) is 3.27. The molecule has 1 aliphatic rings. The molecular formula is C13H20N2. The van der Waals surface area contributed by atoms with Crippen molar-refractivity contribution in [2.24, 2.45) is 5.73 Å². The van der Waals surface area contributed by atoms with E-state index in [4.69, 9.17) is 5.73 Å². The molecular weight excluding hydrogens is 184 g/mol. The maximum Gasteiger partial charge on any atom is 0.0388 e. The predicted molar refractivity (Wildman–Crippen MR) is 64.9 cm³/mol. The quantitative estimate of drug-likeness (QED) is 0.794. The summed E-state index contributed by atoms with van der Waals surface area (Å²) in [6.45, 7) is 2.73. The van der Waals surface area contributed by atoms with Gasteiger partial charge in [0.15, 0.2) is 0 Å². The van der Waals surface area contributed by atoms with Gasteiger partial charge < -0.3 is 11.1 Å². The summed E-state index contributed by atoms with van der Waals surface area (Å²) in [5.74, 6) is 0. The molecule has 0 saturated heterocycles. The van der Waals surface area contributed by atoms with Crippen LogP contribution in [0.4, 0.5) is 5.69 Å². The van der Waals surface area contributed by atoms with E-state index in [1.807, 2.05) is 0 Å². The molecule has 15 heavy (non-hydrogen) atoms. The van der Waals surface area contributed by atoms with Crippen LogP contribution in [0.2, 0.25) is 0 Å². The van der Waals surface area contributed by atoms with Crippen LogP contribution in [0.1, 0.15) is 36.8 Å². The first-order chi connectivity index (χ1) is 7.29. The van der Waals surface area contributed by atoms with Crippen LogP contribution >= 0.6 is 0 Å². The largest absolute Gasteiger partial charge is 0.382 e. The molecule has 2 rings (SSSR count). The van der Waals surface area contributed by atoms with Crippen LogP contribution in [0.15, 0.2) is 18.2 Å². The van der Waals surface area contributed by atoms with E-state index in [1.54, 1.807) is 0 Å². The van der Waals surface area contributed by atoms with Crippen molar-refractivity contribution in [1.82, 2.24) is 0 Å². The lowest BCUT2D eigenvalue weighted by molar-refractivity contribution is 0.753. The Bertz CT molecular complexity index is 327.